The second kappa shape index (κ2) is 5.10. The minimum absolute atomic E-state index is 0.0188. The first-order valence-electron chi connectivity index (χ1n) is 6.34. The smallest absolute Gasteiger partial charge is 0.311 e. The van der Waals surface area contributed by atoms with Gasteiger partial charge in [-0.2, -0.15) is 0 Å². The van der Waals surface area contributed by atoms with E-state index in [0.717, 1.165) is 0 Å². The van der Waals surface area contributed by atoms with E-state index >= 15 is 0 Å². The maximum Gasteiger partial charge on any atom is 0.311 e. The number of carboxylic acid groups (broad SMARTS) is 1. The molecule has 8 heteroatoms. The molecule has 1 aliphatic rings. The van der Waals surface area contributed by atoms with E-state index in [1.807, 2.05) is 0 Å². The first kappa shape index (κ1) is 15.4. The summed E-state index contributed by atoms with van der Waals surface area (Å²) in [5.41, 5.74) is -0.594. The molecule has 0 aliphatic carbocycles. The molecule has 1 fully saturated rings. The van der Waals surface area contributed by atoms with Crippen molar-refractivity contribution < 1.29 is 23.2 Å². The van der Waals surface area contributed by atoms with Crippen LogP contribution in [0.3, 0.4) is 0 Å². The number of hydrogen-bond donors (Lipinski definition) is 1. The number of hydrogen-bond acceptors (Lipinski definition) is 5. The Morgan fingerprint density at radius 2 is 2.14 bits per heavy atom. The van der Waals surface area contributed by atoms with E-state index in [-0.39, 0.29) is 24.3 Å². The lowest BCUT2D eigenvalue weighted by atomic mass is 9.80. The van der Waals surface area contributed by atoms with Crippen molar-refractivity contribution in [2.24, 2.45) is 5.41 Å². The Hall–Kier alpha value is -1.96. The summed E-state index contributed by atoms with van der Waals surface area (Å²) < 4.78 is 23.3. The topological polar surface area (TPSA) is 115 Å². The van der Waals surface area contributed by atoms with Crippen LogP contribution in [0.1, 0.15) is 17.5 Å². The Bertz CT molecular complexity index is 711. The molecule has 0 spiro atoms. The molecule has 2 rings (SSSR count). The lowest BCUT2D eigenvalue weighted by Crippen LogP contribution is -2.35. The standard InChI is InChI=1S/C13H15NO6S/c1-9-10(3-2-4-11(9)14(17)18)7-13(12(15)16)5-6-21(19,20)8-13/h2-4H,5-8H2,1H3,(H,15,16). The van der Waals surface area contributed by atoms with Crippen molar-refractivity contribution >= 4 is 21.5 Å². The molecular weight excluding hydrogens is 298 g/mol. The molecule has 0 radical (unpaired) electrons. The number of benzene rings is 1. The van der Waals surface area contributed by atoms with Crippen LogP contribution in [0, 0.1) is 22.5 Å². The van der Waals surface area contributed by atoms with E-state index in [1.165, 1.54) is 12.1 Å². The maximum atomic E-state index is 11.6. The van der Waals surface area contributed by atoms with E-state index in [4.69, 9.17) is 0 Å². The Morgan fingerprint density at radius 1 is 1.48 bits per heavy atom. The van der Waals surface area contributed by atoms with Crippen molar-refractivity contribution in [3.8, 4) is 0 Å². The van der Waals surface area contributed by atoms with Crippen LogP contribution >= 0.6 is 0 Å². The van der Waals surface area contributed by atoms with Crippen LogP contribution in [-0.4, -0.2) is 35.9 Å². The van der Waals surface area contributed by atoms with Crippen LogP contribution in [0.2, 0.25) is 0 Å². The first-order valence-corrected chi connectivity index (χ1v) is 8.16. The van der Waals surface area contributed by atoms with E-state index in [0.29, 0.717) is 11.1 Å². The van der Waals surface area contributed by atoms with Crippen molar-refractivity contribution in [1.29, 1.82) is 0 Å². The highest BCUT2D eigenvalue weighted by Crippen LogP contribution is 2.37. The average Bonchev–Trinajstić information content (AvgIpc) is 2.68. The fourth-order valence-electron chi connectivity index (χ4n) is 2.72. The lowest BCUT2D eigenvalue weighted by Gasteiger charge is -2.23. The molecule has 1 atom stereocenters. The molecule has 1 aromatic rings. The van der Waals surface area contributed by atoms with Crippen LogP contribution in [0.4, 0.5) is 5.69 Å². The maximum absolute atomic E-state index is 11.6. The molecule has 21 heavy (non-hydrogen) atoms. The Labute approximate surface area is 121 Å². The number of carbonyl (C=O) groups is 1. The summed E-state index contributed by atoms with van der Waals surface area (Å²) in [7, 11) is -3.37. The van der Waals surface area contributed by atoms with Crippen molar-refractivity contribution in [3.05, 3.63) is 39.4 Å². The van der Waals surface area contributed by atoms with Gasteiger partial charge in [-0.3, -0.25) is 14.9 Å². The normalized spacial score (nSPS) is 23.9. The summed E-state index contributed by atoms with van der Waals surface area (Å²) in [6.45, 7) is 1.55. The van der Waals surface area contributed by atoms with Gasteiger partial charge < -0.3 is 5.11 Å². The monoisotopic (exact) mass is 313 g/mol. The molecule has 1 aliphatic heterocycles. The largest absolute Gasteiger partial charge is 0.481 e. The molecule has 1 heterocycles. The van der Waals surface area contributed by atoms with Gasteiger partial charge in [0, 0.05) is 11.6 Å². The van der Waals surface area contributed by atoms with Gasteiger partial charge in [-0.15, -0.1) is 0 Å². The predicted octanol–water partition coefficient (Wildman–Crippen LogP) is 1.34. The van der Waals surface area contributed by atoms with Gasteiger partial charge in [-0.25, -0.2) is 8.42 Å². The minimum Gasteiger partial charge on any atom is -0.481 e. The number of nitrogens with zero attached hydrogens (tertiary/aromatic N) is 1. The van der Waals surface area contributed by atoms with Crippen molar-refractivity contribution in [2.45, 2.75) is 19.8 Å². The summed E-state index contributed by atoms with van der Waals surface area (Å²) in [6.07, 6.45) is 0.0157. The predicted molar refractivity (Wildman–Crippen MR) is 74.9 cm³/mol. The second-order valence-corrected chi connectivity index (χ2v) is 7.61. The highest BCUT2D eigenvalue weighted by molar-refractivity contribution is 7.91. The Morgan fingerprint density at radius 3 is 2.62 bits per heavy atom. The minimum atomic E-state index is -3.37. The van der Waals surface area contributed by atoms with Crippen molar-refractivity contribution in [1.82, 2.24) is 0 Å². The SMILES string of the molecule is Cc1c(CC2(C(=O)O)CCS(=O)(=O)C2)cccc1[N+](=O)[O-]. The Kier molecular flexibility index (Phi) is 3.75. The molecule has 1 unspecified atom stereocenters. The molecule has 0 aromatic heterocycles. The van der Waals surface area contributed by atoms with Gasteiger partial charge in [0.1, 0.15) is 0 Å². The zero-order chi connectivity index (χ0) is 15.8. The van der Waals surface area contributed by atoms with Gasteiger partial charge in [-0.1, -0.05) is 12.1 Å². The van der Waals surface area contributed by atoms with Crippen LogP contribution < -0.4 is 0 Å². The Balaban J connectivity index is 2.42. The summed E-state index contributed by atoms with van der Waals surface area (Å²) in [5.74, 6) is -1.75. The van der Waals surface area contributed by atoms with Gasteiger partial charge >= 0.3 is 5.97 Å². The second-order valence-electron chi connectivity index (χ2n) is 5.42. The molecule has 0 bridgehead atoms. The average molecular weight is 313 g/mol. The van der Waals surface area contributed by atoms with Gasteiger partial charge in [-0.05, 0) is 25.3 Å². The van der Waals surface area contributed by atoms with Crippen LogP contribution in [0.25, 0.3) is 0 Å². The fraction of sp³-hybridized carbons (Fsp3) is 0.462. The number of carboxylic acids is 1. The number of aliphatic carboxylic acids is 1. The zero-order valence-electron chi connectivity index (χ0n) is 11.4. The molecule has 114 valence electrons. The molecule has 7 nitrogen and oxygen atoms in total. The summed E-state index contributed by atoms with van der Waals surface area (Å²) in [5, 5.41) is 20.3. The quantitative estimate of drug-likeness (QED) is 0.662. The number of nitro groups is 1. The molecule has 0 saturated carbocycles. The third-order valence-electron chi connectivity index (χ3n) is 3.98. The van der Waals surface area contributed by atoms with E-state index < -0.39 is 31.9 Å². The molecule has 1 saturated heterocycles. The van der Waals surface area contributed by atoms with E-state index in [2.05, 4.69) is 0 Å². The van der Waals surface area contributed by atoms with Gasteiger partial charge in [0.15, 0.2) is 9.84 Å². The van der Waals surface area contributed by atoms with Crippen LogP contribution in [-0.2, 0) is 21.1 Å². The fourth-order valence-corrected chi connectivity index (χ4v) is 4.78. The number of sulfone groups is 1. The third-order valence-corrected chi connectivity index (χ3v) is 5.80. The highest BCUT2D eigenvalue weighted by atomic mass is 32.2. The third kappa shape index (κ3) is 2.90. The van der Waals surface area contributed by atoms with E-state index in [9.17, 15) is 28.4 Å². The van der Waals surface area contributed by atoms with Gasteiger partial charge in [0.05, 0.1) is 21.8 Å². The summed E-state index contributed by atoms with van der Waals surface area (Å²) >= 11 is 0. The van der Waals surface area contributed by atoms with Crippen molar-refractivity contribution in [2.75, 3.05) is 11.5 Å². The molecular formula is C13H15NO6S. The zero-order valence-corrected chi connectivity index (χ0v) is 12.2. The molecule has 1 aromatic carbocycles. The summed E-state index contributed by atoms with van der Waals surface area (Å²) in [4.78, 5) is 21.9. The van der Waals surface area contributed by atoms with E-state index in [1.54, 1.807) is 13.0 Å². The molecule has 0 amide bonds. The van der Waals surface area contributed by atoms with Gasteiger partial charge in [0.2, 0.25) is 0 Å². The van der Waals surface area contributed by atoms with Crippen LogP contribution in [0.5, 0.6) is 0 Å². The summed E-state index contributed by atoms with van der Waals surface area (Å²) in [6, 6.07) is 4.44. The van der Waals surface area contributed by atoms with Crippen LogP contribution in [0.15, 0.2) is 18.2 Å². The van der Waals surface area contributed by atoms with Gasteiger partial charge in [0.25, 0.3) is 5.69 Å². The first-order chi connectivity index (χ1) is 9.67. The number of nitro benzene ring substituents is 1. The van der Waals surface area contributed by atoms with Crippen molar-refractivity contribution in [3.63, 3.8) is 0 Å². The highest BCUT2D eigenvalue weighted by Gasteiger charge is 2.48. The number of rotatable bonds is 4. The lowest BCUT2D eigenvalue weighted by molar-refractivity contribution is -0.385. The molecule has 1 N–H and O–H groups in total.